The molecule has 25 heavy (non-hydrogen) atoms. The van der Waals surface area contributed by atoms with E-state index in [1.165, 1.54) is 0 Å². The van der Waals surface area contributed by atoms with Crippen LogP contribution in [0.5, 0.6) is 5.75 Å². The average Bonchev–Trinajstić information content (AvgIpc) is 3.20. The third kappa shape index (κ3) is 4.35. The maximum atomic E-state index is 11.9. The van der Waals surface area contributed by atoms with Gasteiger partial charge in [0.1, 0.15) is 5.75 Å². The van der Waals surface area contributed by atoms with E-state index in [0.29, 0.717) is 13.1 Å². The van der Waals surface area contributed by atoms with E-state index in [2.05, 4.69) is 20.7 Å². The van der Waals surface area contributed by atoms with Gasteiger partial charge in [-0.1, -0.05) is 24.3 Å². The van der Waals surface area contributed by atoms with Crippen molar-refractivity contribution in [1.29, 1.82) is 0 Å². The summed E-state index contributed by atoms with van der Waals surface area (Å²) in [5.41, 5.74) is 1.83. The molecular weight excluding hydrogens is 318 g/mol. The maximum Gasteiger partial charge on any atom is 0.315 e. The van der Waals surface area contributed by atoms with Crippen LogP contribution < -0.4 is 15.4 Å². The van der Waals surface area contributed by atoms with Crippen molar-refractivity contribution in [3.63, 3.8) is 0 Å². The molecule has 3 aromatic rings. The van der Waals surface area contributed by atoms with Crippen LogP contribution in [0.1, 0.15) is 11.1 Å². The molecule has 2 amide bonds. The zero-order valence-electron chi connectivity index (χ0n) is 13.8. The van der Waals surface area contributed by atoms with E-state index in [-0.39, 0.29) is 6.03 Å². The van der Waals surface area contributed by atoms with Crippen LogP contribution >= 0.6 is 0 Å². The van der Waals surface area contributed by atoms with Crippen molar-refractivity contribution in [2.45, 2.75) is 13.1 Å². The van der Waals surface area contributed by atoms with Gasteiger partial charge in [0.15, 0.2) is 5.82 Å². The smallest absolute Gasteiger partial charge is 0.315 e. The van der Waals surface area contributed by atoms with Crippen LogP contribution in [-0.4, -0.2) is 27.9 Å². The van der Waals surface area contributed by atoms with Crippen molar-refractivity contribution in [1.82, 2.24) is 25.4 Å². The summed E-state index contributed by atoms with van der Waals surface area (Å²) in [6.45, 7) is 0.788. The lowest BCUT2D eigenvalue weighted by Crippen LogP contribution is -2.34. The number of urea groups is 1. The first-order valence-corrected chi connectivity index (χ1v) is 7.85. The summed E-state index contributed by atoms with van der Waals surface area (Å²) in [6.07, 6.45) is 5.24. The maximum absolute atomic E-state index is 11.9. The topological polar surface area (TPSA) is 81.1 Å². The molecule has 0 atom stereocenters. The largest absolute Gasteiger partial charge is 0.496 e. The molecule has 0 saturated heterocycles. The molecule has 0 aliphatic rings. The summed E-state index contributed by atoms with van der Waals surface area (Å²) in [4.78, 5) is 16.3. The number of benzene rings is 1. The highest BCUT2D eigenvalue weighted by Crippen LogP contribution is 2.16. The SMILES string of the molecule is COc1ccccc1CNC(=O)NCc1ccc(-n2cccn2)nc1. The summed E-state index contributed by atoms with van der Waals surface area (Å²) in [5, 5.41) is 9.74. The second kappa shape index (κ2) is 7.96. The van der Waals surface area contributed by atoms with Gasteiger partial charge in [0.05, 0.1) is 7.11 Å². The summed E-state index contributed by atoms with van der Waals surface area (Å²) >= 11 is 0. The lowest BCUT2D eigenvalue weighted by atomic mass is 10.2. The molecule has 0 spiro atoms. The van der Waals surface area contributed by atoms with E-state index >= 15 is 0 Å². The van der Waals surface area contributed by atoms with Crippen LogP contribution in [-0.2, 0) is 13.1 Å². The van der Waals surface area contributed by atoms with Crippen LogP contribution in [0, 0.1) is 0 Å². The van der Waals surface area contributed by atoms with Gasteiger partial charge in [0.2, 0.25) is 0 Å². The predicted octanol–water partition coefficient (Wildman–Crippen LogP) is 2.28. The van der Waals surface area contributed by atoms with E-state index in [4.69, 9.17) is 4.74 Å². The number of ether oxygens (including phenoxy) is 1. The average molecular weight is 337 g/mol. The number of pyridine rings is 1. The Bertz CT molecular complexity index is 816. The summed E-state index contributed by atoms with van der Waals surface area (Å²) in [5.74, 6) is 1.48. The molecule has 0 saturated carbocycles. The van der Waals surface area contributed by atoms with Gasteiger partial charge in [-0.05, 0) is 23.8 Å². The zero-order valence-corrected chi connectivity index (χ0v) is 13.8. The number of nitrogens with one attached hydrogen (secondary N) is 2. The van der Waals surface area contributed by atoms with Crippen LogP contribution in [0.2, 0.25) is 0 Å². The highest BCUT2D eigenvalue weighted by Gasteiger charge is 2.05. The van der Waals surface area contributed by atoms with E-state index < -0.39 is 0 Å². The first-order valence-electron chi connectivity index (χ1n) is 7.85. The number of carbonyl (C=O) groups excluding carboxylic acids is 1. The molecule has 2 aromatic heterocycles. The Morgan fingerprint density at radius 2 is 1.96 bits per heavy atom. The lowest BCUT2D eigenvalue weighted by Gasteiger charge is -2.10. The molecule has 0 aliphatic heterocycles. The van der Waals surface area contributed by atoms with Crippen molar-refractivity contribution in [2.75, 3.05) is 7.11 Å². The molecule has 3 rings (SSSR count). The number of rotatable bonds is 6. The highest BCUT2D eigenvalue weighted by molar-refractivity contribution is 5.73. The molecule has 0 unspecified atom stereocenters. The van der Waals surface area contributed by atoms with E-state index in [9.17, 15) is 4.79 Å². The molecule has 7 nitrogen and oxygen atoms in total. The summed E-state index contributed by atoms with van der Waals surface area (Å²) in [6, 6.07) is 12.9. The van der Waals surface area contributed by atoms with Gasteiger partial charge in [-0.2, -0.15) is 5.10 Å². The Hall–Kier alpha value is -3.35. The van der Waals surface area contributed by atoms with Gasteiger partial charge in [0, 0.05) is 37.2 Å². The Kier molecular flexibility index (Phi) is 5.26. The number of nitrogens with zero attached hydrogens (tertiary/aromatic N) is 3. The number of methoxy groups -OCH3 is 1. The Balaban J connectivity index is 1.49. The summed E-state index contributed by atoms with van der Waals surface area (Å²) < 4.78 is 6.94. The van der Waals surface area contributed by atoms with E-state index in [1.807, 2.05) is 48.7 Å². The molecule has 2 N–H and O–H groups in total. The third-order valence-corrected chi connectivity index (χ3v) is 3.63. The molecule has 0 aliphatic carbocycles. The Morgan fingerprint density at radius 3 is 2.68 bits per heavy atom. The fourth-order valence-corrected chi connectivity index (χ4v) is 2.33. The van der Waals surface area contributed by atoms with Gasteiger partial charge in [0.25, 0.3) is 0 Å². The van der Waals surface area contributed by atoms with Crippen molar-refractivity contribution in [3.8, 4) is 11.6 Å². The molecule has 0 fully saturated rings. The zero-order chi connectivity index (χ0) is 17.5. The Labute approximate surface area is 145 Å². The molecule has 0 bridgehead atoms. The van der Waals surface area contributed by atoms with Crippen molar-refractivity contribution >= 4 is 6.03 Å². The fraction of sp³-hybridized carbons (Fsp3) is 0.167. The quantitative estimate of drug-likeness (QED) is 0.723. The van der Waals surface area contributed by atoms with Gasteiger partial charge >= 0.3 is 6.03 Å². The number of amides is 2. The number of para-hydroxylation sites is 1. The normalized spacial score (nSPS) is 10.3. The first-order chi connectivity index (χ1) is 12.3. The summed E-state index contributed by atoms with van der Waals surface area (Å²) in [7, 11) is 1.61. The van der Waals surface area contributed by atoms with Crippen molar-refractivity contribution in [2.24, 2.45) is 0 Å². The van der Waals surface area contributed by atoms with Gasteiger partial charge in [-0.3, -0.25) is 0 Å². The minimum atomic E-state index is -0.248. The standard InChI is InChI=1S/C18H19N5O2/c1-25-16-6-3-2-5-15(16)13-21-18(24)20-12-14-7-8-17(19-11-14)23-10-4-9-22-23/h2-11H,12-13H2,1H3,(H2,20,21,24). The molecule has 128 valence electrons. The van der Waals surface area contributed by atoms with Gasteiger partial charge in [-0.15, -0.1) is 0 Å². The first kappa shape index (κ1) is 16.5. The lowest BCUT2D eigenvalue weighted by molar-refractivity contribution is 0.240. The second-order valence-electron chi connectivity index (χ2n) is 5.32. The Morgan fingerprint density at radius 1 is 1.12 bits per heavy atom. The highest BCUT2D eigenvalue weighted by atomic mass is 16.5. The van der Waals surface area contributed by atoms with Crippen molar-refractivity contribution in [3.05, 3.63) is 72.2 Å². The monoisotopic (exact) mass is 337 g/mol. The molecule has 1 aromatic carbocycles. The van der Waals surface area contributed by atoms with Crippen molar-refractivity contribution < 1.29 is 9.53 Å². The minimum Gasteiger partial charge on any atom is -0.496 e. The molecule has 2 heterocycles. The molecule has 7 heteroatoms. The minimum absolute atomic E-state index is 0.248. The molecular formula is C18H19N5O2. The van der Waals surface area contributed by atoms with Gasteiger partial charge in [-0.25, -0.2) is 14.5 Å². The third-order valence-electron chi connectivity index (χ3n) is 3.63. The predicted molar refractivity (Wildman–Crippen MR) is 93.4 cm³/mol. The second-order valence-corrected chi connectivity index (χ2v) is 5.32. The number of carbonyl (C=O) groups is 1. The number of hydrogen-bond donors (Lipinski definition) is 2. The number of hydrogen-bond acceptors (Lipinski definition) is 4. The van der Waals surface area contributed by atoms with Crippen LogP contribution in [0.25, 0.3) is 5.82 Å². The molecule has 0 radical (unpaired) electrons. The van der Waals surface area contributed by atoms with Crippen LogP contribution in [0.4, 0.5) is 4.79 Å². The van der Waals surface area contributed by atoms with E-state index in [0.717, 1.165) is 22.7 Å². The van der Waals surface area contributed by atoms with Gasteiger partial charge < -0.3 is 15.4 Å². The van der Waals surface area contributed by atoms with E-state index in [1.54, 1.807) is 24.2 Å². The van der Waals surface area contributed by atoms with Crippen LogP contribution in [0.3, 0.4) is 0 Å². The number of aromatic nitrogens is 3. The fourth-order valence-electron chi connectivity index (χ4n) is 2.33. The van der Waals surface area contributed by atoms with Crippen LogP contribution in [0.15, 0.2) is 61.1 Å².